The number of amides is 3. The normalized spacial score (nSPS) is 18.7. The SMILES string of the molecule is CNC(=O)C(C)NC(=O)NCC1(C(=O)O)CCCCC1. The van der Waals surface area contributed by atoms with E-state index in [0.29, 0.717) is 12.8 Å². The van der Waals surface area contributed by atoms with E-state index < -0.39 is 23.5 Å². The van der Waals surface area contributed by atoms with Gasteiger partial charge in [0.2, 0.25) is 5.91 Å². The molecule has 0 heterocycles. The summed E-state index contributed by atoms with van der Waals surface area (Å²) in [5.74, 6) is -1.16. The summed E-state index contributed by atoms with van der Waals surface area (Å²) in [6.45, 7) is 1.65. The molecule has 1 saturated carbocycles. The van der Waals surface area contributed by atoms with E-state index in [0.717, 1.165) is 19.3 Å². The number of urea groups is 1. The summed E-state index contributed by atoms with van der Waals surface area (Å²) >= 11 is 0. The lowest BCUT2D eigenvalue weighted by Crippen LogP contribution is -2.51. The molecule has 0 bridgehead atoms. The molecule has 1 aliphatic carbocycles. The van der Waals surface area contributed by atoms with Gasteiger partial charge in [0.25, 0.3) is 0 Å². The molecule has 0 radical (unpaired) electrons. The van der Waals surface area contributed by atoms with Gasteiger partial charge in [0.15, 0.2) is 0 Å². The van der Waals surface area contributed by atoms with Crippen molar-refractivity contribution in [3.63, 3.8) is 0 Å². The summed E-state index contributed by atoms with van der Waals surface area (Å²) in [7, 11) is 1.49. The van der Waals surface area contributed by atoms with Gasteiger partial charge in [-0.3, -0.25) is 9.59 Å². The van der Waals surface area contributed by atoms with Crippen LogP contribution in [0.3, 0.4) is 0 Å². The molecule has 0 saturated heterocycles. The van der Waals surface area contributed by atoms with Crippen molar-refractivity contribution in [1.82, 2.24) is 16.0 Å². The molecule has 1 atom stereocenters. The van der Waals surface area contributed by atoms with E-state index >= 15 is 0 Å². The third kappa shape index (κ3) is 4.11. The zero-order valence-electron chi connectivity index (χ0n) is 12.0. The minimum absolute atomic E-state index is 0.0919. The second-order valence-electron chi connectivity index (χ2n) is 5.31. The highest BCUT2D eigenvalue weighted by molar-refractivity contribution is 5.86. The molecule has 0 aromatic rings. The van der Waals surface area contributed by atoms with E-state index in [4.69, 9.17) is 0 Å². The summed E-state index contributed by atoms with van der Waals surface area (Å²) in [5, 5.41) is 16.8. The lowest BCUT2D eigenvalue weighted by molar-refractivity contribution is -0.150. The van der Waals surface area contributed by atoms with E-state index in [1.165, 1.54) is 7.05 Å². The monoisotopic (exact) mass is 285 g/mol. The number of nitrogens with one attached hydrogen (secondary N) is 3. The van der Waals surface area contributed by atoms with Gasteiger partial charge in [0, 0.05) is 13.6 Å². The maximum atomic E-state index is 11.7. The van der Waals surface area contributed by atoms with Crippen LogP contribution in [0, 0.1) is 5.41 Å². The van der Waals surface area contributed by atoms with Crippen molar-refractivity contribution in [1.29, 1.82) is 0 Å². The Morgan fingerprint density at radius 2 is 1.80 bits per heavy atom. The highest BCUT2D eigenvalue weighted by Gasteiger charge is 2.39. The van der Waals surface area contributed by atoms with E-state index in [1.807, 2.05) is 0 Å². The Morgan fingerprint density at radius 1 is 1.20 bits per heavy atom. The lowest BCUT2D eigenvalue weighted by Gasteiger charge is -2.33. The van der Waals surface area contributed by atoms with Crippen LogP contribution in [0.4, 0.5) is 4.79 Å². The van der Waals surface area contributed by atoms with E-state index in [1.54, 1.807) is 6.92 Å². The Morgan fingerprint density at radius 3 is 2.30 bits per heavy atom. The van der Waals surface area contributed by atoms with E-state index in [9.17, 15) is 19.5 Å². The maximum absolute atomic E-state index is 11.7. The van der Waals surface area contributed by atoms with Crippen molar-refractivity contribution in [2.75, 3.05) is 13.6 Å². The van der Waals surface area contributed by atoms with Crippen molar-refractivity contribution in [2.24, 2.45) is 5.41 Å². The maximum Gasteiger partial charge on any atom is 0.315 e. The number of carbonyl (C=O) groups is 3. The quantitative estimate of drug-likeness (QED) is 0.588. The summed E-state index contributed by atoms with van der Waals surface area (Å²) in [6.07, 6.45) is 3.92. The van der Waals surface area contributed by atoms with E-state index in [2.05, 4.69) is 16.0 Å². The fraction of sp³-hybridized carbons (Fsp3) is 0.769. The number of rotatable bonds is 5. The van der Waals surface area contributed by atoms with Gasteiger partial charge in [-0.1, -0.05) is 19.3 Å². The second kappa shape index (κ2) is 7.12. The Hall–Kier alpha value is -1.79. The van der Waals surface area contributed by atoms with Crippen LogP contribution in [0.5, 0.6) is 0 Å². The molecule has 4 N–H and O–H groups in total. The van der Waals surface area contributed by atoms with Crippen LogP contribution < -0.4 is 16.0 Å². The third-order valence-corrected chi connectivity index (χ3v) is 3.84. The van der Waals surface area contributed by atoms with Crippen molar-refractivity contribution < 1.29 is 19.5 Å². The van der Waals surface area contributed by atoms with Gasteiger partial charge in [0.05, 0.1) is 5.41 Å². The predicted molar refractivity (Wildman–Crippen MR) is 73.2 cm³/mol. The molecule has 0 aliphatic heterocycles. The minimum Gasteiger partial charge on any atom is -0.481 e. The average Bonchev–Trinajstić information content (AvgIpc) is 2.45. The first-order valence-electron chi connectivity index (χ1n) is 6.90. The summed E-state index contributed by atoms with van der Waals surface area (Å²) in [6, 6.07) is -1.18. The van der Waals surface area contributed by atoms with Gasteiger partial charge in [-0.05, 0) is 19.8 Å². The molecule has 0 aromatic heterocycles. The number of aliphatic carboxylic acids is 1. The number of carboxylic acid groups (broad SMARTS) is 1. The number of carboxylic acids is 1. The molecule has 7 heteroatoms. The fourth-order valence-electron chi connectivity index (χ4n) is 2.47. The number of likely N-dealkylation sites (N-methyl/N-ethyl adjacent to an activating group) is 1. The molecular weight excluding hydrogens is 262 g/mol. The van der Waals surface area contributed by atoms with Crippen LogP contribution in [0.15, 0.2) is 0 Å². The molecule has 1 aliphatic rings. The molecule has 1 fully saturated rings. The minimum atomic E-state index is -0.869. The summed E-state index contributed by atoms with van der Waals surface area (Å²) in [5.41, 5.74) is -0.869. The fourth-order valence-corrected chi connectivity index (χ4v) is 2.47. The molecule has 1 rings (SSSR count). The van der Waals surface area contributed by atoms with Crippen molar-refractivity contribution >= 4 is 17.9 Å². The van der Waals surface area contributed by atoms with Crippen LogP contribution in [0.1, 0.15) is 39.0 Å². The molecule has 20 heavy (non-hydrogen) atoms. The van der Waals surface area contributed by atoms with Gasteiger partial charge in [0.1, 0.15) is 6.04 Å². The number of hydrogen-bond donors (Lipinski definition) is 4. The first-order chi connectivity index (χ1) is 9.41. The zero-order chi connectivity index (χ0) is 15.2. The number of carbonyl (C=O) groups excluding carboxylic acids is 2. The van der Waals surface area contributed by atoms with Crippen LogP contribution in [-0.2, 0) is 9.59 Å². The standard InChI is InChI=1S/C13H23N3O4/c1-9(10(17)14-2)16-12(20)15-8-13(11(18)19)6-4-3-5-7-13/h9H,3-8H2,1-2H3,(H,14,17)(H,18,19)(H2,15,16,20). The highest BCUT2D eigenvalue weighted by atomic mass is 16.4. The smallest absolute Gasteiger partial charge is 0.315 e. The van der Waals surface area contributed by atoms with Gasteiger partial charge in [-0.25, -0.2) is 4.79 Å². The first kappa shape index (κ1) is 16.3. The van der Waals surface area contributed by atoms with Crippen LogP contribution in [0.2, 0.25) is 0 Å². The van der Waals surface area contributed by atoms with Gasteiger partial charge in [-0.15, -0.1) is 0 Å². The molecule has 7 nitrogen and oxygen atoms in total. The Kier molecular flexibility index (Phi) is 5.79. The molecule has 114 valence electrons. The largest absolute Gasteiger partial charge is 0.481 e. The van der Waals surface area contributed by atoms with Crippen molar-refractivity contribution in [3.8, 4) is 0 Å². The van der Waals surface area contributed by atoms with Crippen molar-refractivity contribution in [3.05, 3.63) is 0 Å². The molecule has 1 unspecified atom stereocenters. The van der Waals surface area contributed by atoms with Crippen LogP contribution in [0.25, 0.3) is 0 Å². The predicted octanol–water partition coefficient (Wildman–Crippen LogP) is 0.455. The van der Waals surface area contributed by atoms with Crippen LogP contribution in [-0.4, -0.2) is 42.6 Å². The van der Waals surface area contributed by atoms with Crippen molar-refractivity contribution in [2.45, 2.75) is 45.1 Å². The van der Waals surface area contributed by atoms with Gasteiger partial charge < -0.3 is 21.1 Å². The van der Waals surface area contributed by atoms with Gasteiger partial charge in [-0.2, -0.15) is 0 Å². The third-order valence-electron chi connectivity index (χ3n) is 3.84. The topological polar surface area (TPSA) is 108 Å². The van der Waals surface area contributed by atoms with E-state index in [-0.39, 0.29) is 12.5 Å². The van der Waals surface area contributed by atoms with Gasteiger partial charge >= 0.3 is 12.0 Å². The first-order valence-corrected chi connectivity index (χ1v) is 6.90. The molecule has 3 amide bonds. The Balaban J connectivity index is 2.49. The Labute approximate surface area is 118 Å². The van der Waals surface area contributed by atoms with Crippen LogP contribution >= 0.6 is 0 Å². The highest BCUT2D eigenvalue weighted by Crippen LogP contribution is 2.35. The molecule has 0 aromatic carbocycles. The second-order valence-corrected chi connectivity index (χ2v) is 5.31. The molecule has 0 spiro atoms. The average molecular weight is 285 g/mol. The Bertz CT molecular complexity index is 378. The zero-order valence-corrected chi connectivity index (χ0v) is 12.0. The number of hydrogen-bond acceptors (Lipinski definition) is 3. The summed E-state index contributed by atoms with van der Waals surface area (Å²) < 4.78 is 0. The summed E-state index contributed by atoms with van der Waals surface area (Å²) in [4.78, 5) is 34.4. The molecular formula is C13H23N3O4. The lowest BCUT2D eigenvalue weighted by atomic mass is 9.74.